The topological polar surface area (TPSA) is 35.6 Å². The van der Waals surface area contributed by atoms with E-state index in [1.807, 2.05) is 6.92 Å². The molecule has 5 heteroatoms. The van der Waals surface area contributed by atoms with Gasteiger partial charge in [0.05, 0.1) is 11.6 Å². The van der Waals surface area contributed by atoms with E-state index in [1.54, 1.807) is 0 Å². The molecule has 1 aliphatic rings. The van der Waals surface area contributed by atoms with Gasteiger partial charge in [0, 0.05) is 13.1 Å². The first-order valence-corrected chi connectivity index (χ1v) is 8.66. The molecule has 2 atom stereocenters. The lowest BCUT2D eigenvalue weighted by atomic mass is 9.82. The zero-order valence-corrected chi connectivity index (χ0v) is 14.0. The highest BCUT2D eigenvalue weighted by Gasteiger charge is 2.23. The van der Waals surface area contributed by atoms with Crippen molar-refractivity contribution < 1.29 is 0 Å². The van der Waals surface area contributed by atoms with Crippen molar-refractivity contribution in [2.24, 2.45) is 11.8 Å². The summed E-state index contributed by atoms with van der Waals surface area (Å²) in [5.74, 6) is 3.06. The molecule has 0 aliphatic heterocycles. The number of hydrogen-bond acceptors (Lipinski definition) is 2. The van der Waals surface area contributed by atoms with Gasteiger partial charge in [0.2, 0.25) is 0 Å². The largest absolute Gasteiger partial charge is 0.312 e. The minimum Gasteiger partial charge on any atom is -0.312 e. The molecule has 4 nitrogen and oxygen atoms in total. The summed E-state index contributed by atoms with van der Waals surface area (Å²) in [7, 11) is 0. The summed E-state index contributed by atoms with van der Waals surface area (Å²) in [4.78, 5) is 4.73. The summed E-state index contributed by atoms with van der Waals surface area (Å²) in [5.41, 5.74) is 3.19. The number of alkyl halides is 1. The predicted molar refractivity (Wildman–Crippen MR) is 86.6 cm³/mol. The van der Waals surface area contributed by atoms with Gasteiger partial charge in [-0.2, -0.15) is 5.10 Å². The fourth-order valence-electron chi connectivity index (χ4n) is 3.77. The first-order valence-electron chi connectivity index (χ1n) is 8.12. The number of nitrogens with zero attached hydrogens (tertiary/aromatic N) is 4. The Labute approximate surface area is 131 Å². The Kier molecular flexibility index (Phi) is 4.25. The van der Waals surface area contributed by atoms with E-state index in [0.29, 0.717) is 5.88 Å². The lowest BCUT2D eigenvalue weighted by Gasteiger charge is -2.27. The fraction of sp³-hybridized carbons (Fsp3) is 0.750. The van der Waals surface area contributed by atoms with Gasteiger partial charge in [0.25, 0.3) is 0 Å². The van der Waals surface area contributed by atoms with Crippen LogP contribution in [-0.4, -0.2) is 19.3 Å². The van der Waals surface area contributed by atoms with Crippen LogP contribution < -0.4 is 0 Å². The highest BCUT2D eigenvalue weighted by atomic mass is 35.5. The molecule has 2 unspecified atom stereocenters. The Morgan fingerprint density at radius 2 is 2.14 bits per heavy atom. The number of hydrogen-bond donors (Lipinski definition) is 0. The van der Waals surface area contributed by atoms with Crippen molar-refractivity contribution in [3.8, 4) is 0 Å². The van der Waals surface area contributed by atoms with E-state index >= 15 is 0 Å². The number of aryl methyl sites for hydroxylation is 2. The van der Waals surface area contributed by atoms with Crippen molar-refractivity contribution in [3.63, 3.8) is 0 Å². The molecule has 1 fully saturated rings. The van der Waals surface area contributed by atoms with Crippen LogP contribution in [0.5, 0.6) is 0 Å². The first kappa shape index (κ1) is 14.9. The lowest BCUT2D eigenvalue weighted by molar-refractivity contribution is 0.256. The maximum atomic E-state index is 6.14. The maximum absolute atomic E-state index is 6.14. The molecule has 0 aromatic carbocycles. The van der Waals surface area contributed by atoms with Crippen molar-refractivity contribution in [3.05, 3.63) is 11.5 Å². The number of rotatable bonds is 4. The van der Waals surface area contributed by atoms with Crippen molar-refractivity contribution in [1.82, 2.24) is 19.3 Å². The van der Waals surface area contributed by atoms with Crippen LogP contribution in [0.1, 0.15) is 51.0 Å². The van der Waals surface area contributed by atoms with E-state index in [1.165, 1.54) is 25.7 Å². The lowest BCUT2D eigenvalue weighted by Crippen LogP contribution is -2.20. The quantitative estimate of drug-likeness (QED) is 0.796. The highest BCUT2D eigenvalue weighted by molar-refractivity contribution is 6.16. The van der Waals surface area contributed by atoms with E-state index in [9.17, 15) is 0 Å². The van der Waals surface area contributed by atoms with Crippen molar-refractivity contribution in [2.45, 2.75) is 65.4 Å². The zero-order valence-electron chi connectivity index (χ0n) is 13.3. The molecule has 0 N–H and O–H groups in total. The average Bonchev–Trinajstić information content (AvgIpc) is 2.97. The van der Waals surface area contributed by atoms with Crippen LogP contribution in [0.2, 0.25) is 0 Å². The average molecular weight is 309 g/mol. The Bertz CT molecular complexity index is 628. The molecule has 2 heterocycles. The summed E-state index contributed by atoms with van der Waals surface area (Å²) >= 11 is 6.14. The predicted octanol–water partition coefficient (Wildman–Crippen LogP) is 4.13. The fourth-order valence-corrected chi connectivity index (χ4v) is 3.97. The molecule has 1 aliphatic carbocycles. The Balaban J connectivity index is 1.99. The van der Waals surface area contributed by atoms with Gasteiger partial charge in [-0.1, -0.05) is 19.8 Å². The second-order valence-corrected chi connectivity index (χ2v) is 6.75. The number of imidazole rings is 1. The number of aromatic nitrogens is 4. The third kappa shape index (κ3) is 2.70. The van der Waals surface area contributed by atoms with Crippen molar-refractivity contribution in [1.29, 1.82) is 0 Å². The Hall–Kier alpha value is -1.03. The molecule has 2 aromatic heterocycles. The monoisotopic (exact) mass is 308 g/mol. The Morgan fingerprint density at radius 3 is 2.81 bits per heavy atom. The van der Waals surface area contributed by atoms with Gasteiger partial charge >= 0.3 is 0 Å². The minimum absolute atomic E-state index is 0.472. The molecule has 0 radical (unpaired) electrons. The third-order valence-electron chi connectivity index (χ3n) is 4.78. The van der Waals surface area contributed by atoms with Crippen LogP contribution in [0.4, 0.5) is 0 Å². The van der Waals surface area contributed by atoms with E-state index < -0.39 is 0 Å². The van der Waals surface area contributed by atoms with Crippen LogP contribution in [0.3, 0.4) is 0 Å². The number of halogens is 1. The summed E-state index contributed by atoms with van der Waals surface area (Å²) < 4.78 is 4.40. The SMILES string of the molecule is CCn1nc(C)c2nc(CCl)n(CC3CCCC(C)C3)c21. The maximum Gasteiger partial charge on any atom is 0.158 e. The standard InChI is InChI=1S/C16H25ClN4/c1-4-21-16-15(12(3)19-21)18-14(9-17)20(16)10-13-7-5-6-11(2)8-13/h11,13H,4-10H2,1-3H3. The van der Waals surface area contributed by atoms with Gasteiger partial charge < -0.3 is 4.57 Å². The summed E-state index contributed by atoms with van der Waals surface area (Å²) in [6.07, 6.45) is 5.38. The minimum atomic E-state index is 0.472. The summed E-state index contributed by atoms with van der Waals surface area (Å²) in [6, 6.07) is 0. The van der Waals surface area contributed by atoms with Gasteiger partial charge in [0.1, 0.15) is 11.3 Å². The zero-order chi connectivity index (χ0) is 15.0. The Morgan fingerprint density at radius 1 is 1.33 bits per heavy atom. The van der Waals surface area contributed by atoms with E-state index in [-0.39, 0.29) is 0 Å². The molecule has 0 saturated heterocycles. The molecule has 2 aromatic rings. The van der Waals surface area contributed by atoms with Crippen LogP contribution in [0.15, 0.2) is 0 Å². The molecule has 1 saturated carbocycles. The summed E-state index contributed by atoms with van der Waals surface area (Å²) in [6.45, 7) is 8.45. The first-order chi connectivity index (χ1) is 10.1. The van der Waals surface area contributed by atoms with Gasteiger partial charge in [-0.3, -0.25) is 0 Å². The molecule has 3 rings (SSSR count). The molecule has 0 bridgehead atoms. The van der Waals surface area contributed by atoms with Crippen LogP contribution in [-0.2, 0) is 19.0 Å². The molecule has 21 heavy (non-hydrogen) atoms. The molecule has 0 spiro atoms. The van der Waals surface area contributed by atoms with Gasteiger partial charge in [-0.15, -0.1) is 11.6 Å². The highest BCUT2D eigenvalue weighted by Crippen LogP contribution is 2.31. The van der Waals surface area contributed by atoms with E-state index in [4.69, 9.17) is 16.6 Å². The number of fused-ring (bicyclic) bond motifs is 1. The molecular formula is C16H25ClN4. The van der Waals surface area contributed by atoms with Gasteiger partial charge in [-0.25, -0.2) is 9.67 Å². The molecular weight excluding hydrogens is 284 g/mol. The van der Waals surface area contributed by atoms with Crippen LogP contribution in [0, 0.1) is 18.8 Å². The summed E-state index contributed by atoms with van der Waals surface area (Å²) in [5, 5.41) is 4.60. The molecule has 116 valence electrons. The second kappa shape index (κ2) is 5.99. The normalized spacial score (nSPS) is 23.0. The molecule has 0 amide bonds. The van der Waals surface area contributed by atoms with Crippen molar-refractivity contribution >= 4 is 22.8 Å². The second-order valence-electron chi connectivity index (χ2n) is 6.48. The van der Waals surface area contributed by atoms with Gasteiger partial charge in [-0.05, 0) is 38.5 Å². The van der Waals surface area contributed by atoms with E-state index in [0.717, 1.165) is 47.6 Å². The third-order valence-corrected chi connectivity index (χ3v) is 5.02. The van der Waals surface area contributed by atoms with Crippen molar-refractivity contribution in [2.75, 3.05) is 0 Å². The van der Waals surface area contributed by atoms with Crippen LogP contribution in [0.25, 0.3) is 11.2 Å². The van der Waals surface area contributed by atoms with E-state index in [2.05, 4.69) is 28.2 Å². The van der Waals surface area contributed by atoms with Crippen LogP contribution >= 0.6 is 11.6 Å². The van der Waals surface area contributed by atoms with Gasteiger partial charge in [0.15, 0.2) is 5.65 Å². The smallest absolute Gasteiger partial charge is 0.158 e.